The average Bonchev–Trinajstić information content (AvgIpc) is 2.53. The monoisotopic (exact) mass is 334 g/mol. The number of nitrogens with zero attached hydrogens (tertiary/aromatic N) is 1. The zero-order valence-corrected chi connectivity index (χ0v) is 12.9. The zero-order chi connectivity index (χ0) is 16.9. The second-order valence-electron chi connectivity index (χ2n) is 4.99. The number of nitrogens with one attached hydrogen (secondary N) is 1. The van der Waals surface area contributed by atoms with E-state index in [4.69, 9.17) is 5.26 Å². The predicted molar refractivity (Wildman–Crippen MR) is 83.1 cm³/mol. The van der Waals surface area contributed by atoms with Crippen molar-refractivity contribution in [2.24, 2.45) is 0 Å². The predicted octanol–water partition coefficient (Wildman–Crippen LogP) is 1.85. The zero-order valence-electron chi connectivity index (χ0n) is 12.1. The van der Waals surface area contributed by atoms with Crippen molar-refractivity contribution in [3.8, 4) is 6.07 Å². The van der Waals surface area contributed by atoms with Crippen LogP contribution in [0.5, 0.6) is 0 Å². The van der Waals surface area contributed by atoms with E-state index in [2.05, 4.69) is 4.72 Å². The summed E-state index contributed by atoms with van der Waals surface area (Å²) < 4.78 is 39.2. The maximum Gasteiger partial charge on any atom is 0.215 e. The molecule has 0 aromatic heterocycles. The summed E-state index contributed by atoms with van der Waals surface area (Å²) >= 11 is 0. The number of hydrogen-bond donors (Lipinski definition) is 2. The van der Waals surface area contributed by atoms with Gasteiger partial charge in [0.2, 0.25) is 10.0 Å². The fraction of sp³-hybridized carbons (Fsp3) is 0.188. The van der Waals surface area contributed by atoms with E-state index in [9.17, 15) is 17.9 Å². The summed E-state index contributed by atoms with van der Waals surface area (Å²) in [6, 6.07) is 13.4. The minimum atomic E-state index is -3.66. The van der Waals surface area contributed by atoms with Gasteiger partial charge in [0.05, 0.1) is 23.5 Å². The molecule has 0 bridgehead atoms. The van der Waals surface area contributed by atoms with E-state index in [1.807, 2.05) is 6.07 Å². The lowest BCUT2D eigenvalue weighted by atomic mass is 10.1. The summed E-state index contributed by atoms with van der Waals surface area (Å²) in [6.07, 6.45) is -1.07. The molecule has 0 radical (unpaired) electrons. The first-order valence-corrected chi connectivity index (χ1v) is 8.45. The molecule has 0 amide bonds. The van der Waals surface area contributed by atoms with Gasteiger partial charge in [-0.1, -0.05) is 24.3 Å². The smallest absolute Gasteiger partial charge is 0.215 e. The van der Waals surface area contributed by atoms with Gasteiger partial charge in [-0.3, -0.25) is 0 Å². The SMILES string of the molecule is N#Cc1cccc(CS(=O)(=O)NCC(O)c2ccc(F)cc2)c1. The normalized spacial score (nSPS) is 12.6. The van der Waals surface area contributed by atoms with Crippen LogP contribution in [0.3, 0.4) is 0 Å². The molecule has 0 aliphatic rings. The minimum absolute atomic E-state index is 0.216. The van der Waals surface area contributed by atoms with E-state index < -0.39 is 21.9 Å². The van der Waals surface area contributed by atoms with Crippen LogP contribution in [0.1, 0.15) is 22.8 Å². The van der Waals surface area contributed by atoms with E-state index in [-0.39, 0.29) is 12.3 Å². The quantitative estimate of drug-likeness (QED) is 0.843. The third-order valence-corrected chi connectivity index (χ3v) is 4.48. The van der Waals surface area contributed by atoms with Crippen molar-refractivity contribution < 1.29 is 17.9 Å². The van der Waals surface area contributed by atoms with Crippen LogP contribution in [0.2, 0.25) is 0 Å². The summed E-state index contributed by atoms with van der Waals surface area (Å²) in [5.74, 6) is -0.725. The van der Waals surface area contributed by atoms with Crippen molar-refractivity contribution in [3.63, 3.8) is 0 Å². The standard InChI is InChI=1S/C16H15FN2O3S/c17-15-6-4-14(5-7-15)16(20)10-19-23(21,22)11-13-3-1-2-12(8-13)9-18/h1-8,16,19-20H,10-11H2. The lowest BCUT2D eigenvalue weighted by molar-refractivity contribution is 0.182. The second kappa shape index (κ2) is 7.33. The third kappa shape index (κ3) is 5.14. The van der Waals surface area contributed by atoms with Gasteiger partial charge in [0, 0.05) is 6.54 Å². The number of aliphatic hydroxyl groups excluding tert-OH is 1. The number of hydrogen-bond acceptors (Lipinski definition) is 4. The van der Waals surface area contributed by atoms with Gasteiger partial charge in [-0.15, -0.1) is 0 Å². The molecule has 0 saturated carbocycles. The third-order valence-electron chi connectivity index (χ3n) is 3.16. The number of benzene rings is 2. The van der Waals surface area contributed by atoms with Crippen LogP contribution in [-0.2, 0) is 15.8 Å². The van der Waals surface area contributed by atoms with Crippen LogP contribution in [0.25, 0.3) is 0 Å². The number of rotatable bonds is 6. The van der Waals surface area contributed by atoms with Crippen LogP contribution in [-0.4, -0.2) is 20.1 Å². The first kappa shape index (κ1) is 17.1. The Morgan fingerprint density at radius 1 is 1.22 bits per heavy atom. The average molecular weight is 334 g/mol. The second-order valence-corrected chi connectivity index (χ2v) is 6.79. The number of sulfonamides is 1. The molecule has 2 N–H and O–H groups in total. The Morgan fingerprint density at radius 2 is 1.91 bits per heavy atom. The Labute approximate surface area is 134 Å². The van der Waals surface area contributed by atoms with Crippen molar-refractivity contribution in [2.75, 3.05) is 6.54 Å². The molecular weight excluding hydrogens is 319 g/mol. The molecule has 0 spiro atoms. The molecule has 0 fully saturated rings. The summed E-state index contributed by atoms with van der Waals surface area (Å²) in [5, 5.41) is 18.7. The number of nitriles is 1. The van der Waals surface area contributed by atoms with Gasteiger partial charge in [0.15, 0.2) is 0 Å². The fourth-order valence-electron chi connectivity index (χ4n) is 2.01. The maximum absolute atomic E-state index is 12.8. The molecule has 2 aromatic rings. The molecule has 7 heteroatoms. The maximum atomic E-state index is 12.8. The molecule has 0 aliphatic carbocycles. The van der Waals surface area contributed by atoms with Gasteiger partial charge in [-0.05, 0) is 35.4 Å². The van der Waals surface area contributed by atoms with Crippen molar-refractivity contribution in [3.05, 3.63) is 71.0 Å². The molecule has 120 valence electrons. The molecule has 0 aliphatic heterocycles. The Morgan fingerprint density at radius 3 is 2.57 bits per heavy atom. The van der Waals surface area contributed by atoms with Gasteiger partial charge < -0.3 is 5.11 Å². The van der Waals surface area contributed by atoms with Crippen LogP contribution >= 0.6 is 0 Å². The van der Waals surface area contributed by atoms with Gasteiger partial charge in [0.1, 0.15) is 5.82 Å². The van der Waals surface area contributed by atoms with E-state index in [1.165, 1.54) is 30.3 Å². The van der Waals surface area contributed by atoms with Gasteiger partial charge in [-0.25, -0.2) is 17.5 Å². The van der Waals surface area contributed by atoms with Crippen molar-refractivity contribution in [1.82, 2.24) is 4.72 Å². The highest BCUT2D eigenvalue weighted by atomic mass is 32.2. The largest absolute Gasteiger partial charge is 0.387 e. The van der Waals surface area contributed by atoms with Gasteiger partial charge in [0.25, 0.3) is 0 Å². The minimum Gasteiger partial charge on any atom is -0.387 e. The van der Waals surface area contributed by atoms with Crippen LogP contribution in [0, 0.1) is 17.1 Å². The molecule has 2 rings (SSSR count). The van der Waals surface area contributed by atoms with Gasteiger partial charge in [-0.2, -0.15) is 5.26 Å². The first-order chi connectivity index (χ1) is 10.9. The number of aliphatic hydroxyl groups is 1. The Kier molecular flexibility index (Phi) is 5.45. The van der Waals surface area contributed by atoms with Crippen molar-refractivity contribution in [2.45, 2.75) is 11.9 Å². The molecule has 2 aromatic carbocycles. The van der Waals surface area contributed by atoms with Crippen molar-refractivity contribution in [1.29, 1.82) is 5.26 Å². The molecule has 0 heterocycles. The molecular formula is C16H15FN2O3S. The highest BCUT2D eigenvalue weighted by molar-refractivity contribution is 7.88. The van der Waals surface area contributed by atoms with E-state index in [0.717, 1.165) is 0 Å². The summed E-state index contributed by atoms with van der Waals surface area (Å²) in [7, 11) is -3.66. The van der Waals surface area contributed by atoms with Crippen molar-refractivity contribution >= 4 is 10.0 Å². The molecule has 23 heavy (non-hydrogen) atoms. The Hall–Kier alpha value is -2.27. The Balaban J connectivity index is 1.98. The molecule has 0 saturated heterocycles. The molecule has 1 atom stereocenters. The number of halogens is 1. The highest BCUT2D eigenvalue weighted by Crippen LogP contribution is 2.13. The first-order valence-electron chi connectivity index (χ1n) is 6.79. The lowest BCUT2D eigenvalue weighted by Crippen LogP contribution is -2.29. The van der Waals surface area contributed by atoms with E-state index >= 15 is 0 Å². The summed E-state index contributed by atoms with van der Waals surface area (Å²) in [4.78, 5) is 0. The van der Waals surface area contributed by atoms with Crippen LogP contribution in [0.4, 0.5) is 4.39 Å². The van der Waals surface area contributed by atoms with E-state index in [1.54, 1.807) is 18.2 Å². The summed E-state index contributed by atoms with van der Waals surface area (Å²) in [5.41, 5.74) is 1.28. The molecule has 5 nitrogen and oxygen atoms in total. The van der Waals surface area contributed by atoms with Crippen LogP contribution in [0.15, 0.2) is 48.5 Å². The highest BCUT2D eigenvalue weighted by Gasteiger charge is 2.15. The van der Waals surface area contributed by atoms with Crippen LogP contribution < -0.4 is 4.72 Å². The topological polar surface area (TPSA) is 90.2 Å². The lowest BCUT2D eigenvalue weighted by Gasteiger charge is -2.13. The molecule has 1 unspecified atom stereocenters. The van der Waals surface area contributed by atoms with E-state index in [0.29, 0.717) is 16.7 Å². The van der Waals surface area contributed by atoms with Gasteiger partial charge >= 0.3 is 0 Å². The fourth-order valence-corrected chi connectivity index (χ4v) is 3.14. The Bertz CT molecular complexity index is 814. The summed E-state index contributed by atoms with van der Waals surface area (Å²) in [6.45, 7) is -0.216.